The van der Waals surface area contributed by atoms with Gasteiger partial charge in [0, 0.05) is 17.5 Å². The van der Waals surface area contributed by atoms with E-state index >= 15 is 0 Å². The van der Waals surface area contributed by atoms with Crippen molar-refractivity contribution in [1.29, 1.82) is 0 Å². The van der Waals surface area contributed by atoms with Crippen LogP contribution in [-0.4, -0.2) is 12.4 Å². The number of benzene rings is 2. The summed E-state index contributed by atoms with van der Waals surface area (Å²) in [4.78, 5) is 13.1. The minimum absolute atomic E-state index is 0.0278. The number of aryl methyl sites for hydroxylation is 2. The van der Waals surface area contributed by atoms with Crippen LogP contribution in [-0.2, 0) is 10.1 Å². The summed E-state index contributed by atoms with van der Waals surface area (Å²) in [7, 11) is 0. The third-order valence-electron chi connectivity index (χ3n) is 3.63. The van der Waals surface area contributed by atoms with Crippen molar-refractivity contribution < 1.29 is 9.53 Å². The number of hydrogen-bond donors (Lipinski definition) is 0. The molecule has 0 heterocycles. The molecule has 0 spiro atoms. The van der Waals surface area contributed by atoms with Crippen LogP contribution in [0.5, 0.6) is 0 Å². The SMILES string of the molecule is CCOC(C(=O)c1c(C)cc(C)cc1CBr)c1ccccc1. The maximum Gasteiger partial charge on any atom is 0.196 e. The summed E-state index contributed by atoms with van der Waals surface area (Å²) >= 11 is 3.50. The summed E-state index contributed by atoms with van der Waals surface area (Å²) < 4.78 is 5.76. The molecule has 0 aromatic heterocycles. The highest BCUT2D eigenvalue weighted by Gasteiger charge is 2.25. The van der Waals surface area contributed by atoms with Gasteiger partial charge in [-0.2, -0.15) is 0 Å². The molecule has 2 rings (SSSR count). The fraction of sp³-hybridized carbons (Fsp3) is 0.316. The molecule has 0 radical (unpaired) electrons. The topological polar surface area (TPSA) is 26.3 Å². The van der Waals surface area contributed by atoms with Gasteiger partial charge in [-0.1, -0.05) is 64.0 Å². The lowest BCUT2D eigenvalue weighted by Crippen LogP contribution is -2.19. The number of rotatable bonds is 6. The van der Waals surface area contributed by atoms with E-state index < -0.39 is 6.10 Å². The Balaban J connectivity index is 2.48. The molecule has 2 nitrogen and oxygen atoms in total. The zero-order valence-corrected chi connectivity index (χ0v) is 14.8. The molecule has 2 aromatic rings. The Labute approximate surface area is 140 Å². The van der Waals surface area contributed by atoms with E-state index in [1.165, 1.54) is 0 Å². The highest BCUT2D eigenvalue weighted by Crippen LogP contribution is 2.28. The van der Waals surface area contributed by atoms with Gasteiger partial charge in [0.15, 0.2) is 5.78 Å². The Kier molecular flexibility index (Phi) is 5.92. The van der Waals surface area contributed by atoms with Crippen LogP contribution in [0.4, 0.5) is 0 Å². The van der Waals surface area contributed by atoms with Gasteiger partial charge in [0.25, 0.3) is 0 Å². The fourth-order valence-electron chi connectivity index (χ4n) is 2.76. The van der Waals surface area contributed by atoms with Gasteiger partial charge in [-0.05, 0) is 37.5 Å². The number of alkyl halides is 1. The quantitative estimate of drug-likeness (QED) is 0.525. The van der Waals surface area contributed by atoms with Gasteiger partial charge in [-0.25, -0.2) is 0 Å². The van der Waals surface area contributed by atoms with Crippen LogP contribution in [0, 0.1) is 13.8 Å². The molecule has 116 valence electrons. The third-order valence-corrected chi connectivity index (χ3v) is 4.23. The number of ketones is 1. The summed E-state index contributed by atoms with van der Waals surface area (Å²) in [6.07, 6.45) is -0.551. The maximum absolute atomic E-state index is 13.1. The van der Waals surface area contributed by atoms with Crippen LogP contribution in [0.1, 0.15) is 45.6 Å². The molecule has 0 aliphatic rings. The van der Waals surface area contributed by atoms with E-state index in [1.807, 2.05) is 57.2 Å². The van der Waals surface area contributed by atoms with Gasteiger partial charge in [0.2, 0.25) is 0 Å². The largest absolute Gasteiger partial charge is 0.366 e. The van der Waals surface area contributed by atoms with Crippen molar-refractivity contribution in [3.8, 4) is 0 Å². The van der Waals surface area contributed by atoms with E-state index in [9.17, 15) is 4.79 Å². The van der Waals surface area contributed by atoms with Crippen LogP contribution in [0.3, 0.4) is 0 Å². The van der Waals surface area contributed by atoms with E-state index in [4.69, 9.17) is 4.74 Å². The van der Waals surface area contributed by atoms with Crippen molar-refractivity contribution >= 4 is 21.7 Å². The molecule has 2 aromatic carbocycles. The first-order chi connectivity index (χ1) is 10.6. The highest BCUT2D eigenvalue weighted by molar-refractivity contribution is 9.08. The summed E-state index contributed by atoms with van der Waals surface area (Å²) in [6.45, 7) is 6.45. The predicted molar refractivity (Wildman–Crippen MR) is 93.7 cm³/mol. The van der Waals surface area contributed by atoms with Crippen molar-refractivity contribution in [1.82, 2.24) is 0 Å². The molecule has 0 amide bonds. The molecule has 0 bridgehead atoms. The Morgan fingerprint density at radius 2 is 1.86 bits per heavy atom. The normalized spacial score (nSPS) is 12.2. The van der Waals surface area contributed by atoms with Gasteiger partial charge >= 0.3 is 0 Å². The number of ether oxygens (including phenoxy) is 1. The van der Waals surface area contributed by atoms with Crippen LogP contribution in [0.2, 0.25) is 0 Å². The molecular formula is C19H21BrO2. The summed E-state index contributed by atoms with van der Waals surface area (Å²) in [5.41, 5.74) is 4.85. The number of halogens is 1. The second-order valence-electron chi connectivity index (χ2n) is 5.36. The predicted octanol–water partition coefficient (Wildman–Crippen LogP) is 5.16. The van der Waals surface area contributed by atoms with Crippen molar-refractivity contribution in [2.75, 3.05) is 6.61 Å². The fourth-order valence-corrected chi connectivity index (χ4v) is 3.20. The first-order valence-electron chi connectivity index (χ1n) is 7.45. The van der Waals surface area contributed by atoms with Crippen molar-refractivity contribution in [2.24, 2.45) is 0 Å². The first kappa shape index (κ1) is 16.9. The molecule has 0 N–H and O–H groups in total. The van der Waals surface area contributed by atoms with Crippen LogP contribution in [0.25, 0.3) is 0 Å². The van der Waals surface area contributed by atoms with E-state index in [0.29, 0.717) is 11.9 Å². The summed E-state index contributed by atoms with van der Waals surface area (Å²) in [5, 5.41) is 0.657. The third kappa shape index (κ3) is 3.65. The van der Waals surface area contributed by atoms with Gasteiger partial charge in [0.1, 0.15) is 6.10 Å². The number of carbonyl (C=O) groups is 1. The summed E-state index contributed by atoms with van der Waals surface area (Å²) in [5.74, 6) is 0.0278. The zero-order valence-electron chi connectivity index (χ0n) is 13.2. The highest BCUT2D eigenvalue weighted by atomic mass is 79.9. The molecule has 1 atom stereocenters. The maximum atomic E-state index is 13.1. The molecule has 22 heavy (non-hydrogen) atoms. The standard InChI is InChI=1S/C19H21BrO2/c1-4-22-19(15-8-6-5-7-9-15)18(21)17-14(3)10-13(2)11-16(17)12-20/h5-11,19H,4,12H2,1-3H3. The molecule has 1 unspecified atom stereocenters. The number of Topliss-reactive ketones (excluding diaryl/α,β-unsaturated/α-hetero) is 1. The van der Waals surface area contributed by atoms with Crippen molar-refractivity contribution in [2.45, 2.75) is 32.2 Å². The smallest absolute Gasteiger partial charge is 0.196 e. The lowest BCUT2D eigenvalue weighted by molar-refractivity contribution is 0.0451. The van der Waals surface area contributed by atoms with Crippen molar-refractivity contribution in [3.05, 3.63) is 70.3 Å². The van der Waals surface area contributed by atoms with E-state index in [1.54, 1.807) is 0 Å². The van der Waals surface area contributed by atoms with Crippen LogP contribution in [0.15, 0.2) is 42.5 Å². The monoisotopic (exact) mass is 360 g/mol. The van der Waals surface area contributed by atoms with Gasteiger partial charge in [-0.15, -0.1) is 0 Å². The minimum atomic E-state index is -0.551. The summed E-state index contributed by atoms with van der Waals surface area (Å²) in [6, 6.07) is 13.8. The van der Waals surface area contributed by atoms with E-state index in [2.05, 4.69) is 22.0 Å². The molecule has 0 aliphatic carbocycles. The molecule has 3 heteroatoms. The Hall–Kier alpha value is -1.45. The molecule has 0 saturated carbocycles. The molecule has 0 aliphatic heterocycles. The van der Waals surface area contributed by atoms with Gasteiger partial charge in [0.05, 0.1) is 0 Å². The lowest BCUT2D eigenvalue weighted by atomic mass is 9.92. The van der Waals surface area contributed by atoms with Crippen LogP contribution < -0.4 is 0 Å². The number of hydrogen-bond acceptors (Lipinski definition) is 2. The minimum Gasteiger partial charge on any atom is -0.366 e. The molecule has 0 saturated heterocycles. The lowest BCUT2D eigenvalue weighted by Gasteiger charge is -2.20. The van der Waals surface area contributed by atoms with E-state index in [0.717, 1.165) is 27.8 Å². The van der Waals surface area contributed by atoms with Crippen molar-refractivity contribution in [3.63, 3.8) is 0 Å². The average molecular weight is 361 g/mol. The zero-order chi connectivity index (χ0) is 16.1. The Morgan fingerprint density at radius 3 is 2.45 bits per heavy atom. The van der Waals surface area contributed by atoms with Gasteiger partial charge in [-0.3, -0.25) is 4.79 Å². The number of carbonyl (C=O) groups excluding carboxylic acids is 1. The van der Waals surface area contributed by atoms with Gasteiger partial charge < -0.3 is 4.74 Å². The first-order valence-corrected chi connectivity index (χ1v) is 8.57. The Bertz CT molecular complexity index is 650. The molecule has 0 fully saturated rings. The Morgan fingerprint density at radius 1 is 1.18 bits per heavy atom. The molecular weight excluding hydrogens is 340 g/mol. The van der Waals surface area contributed by atoms with Crippen LogP contribution >= 0.6 is 15.9 Å². The average Bonchev–Trinajstić information content (AvgIpc) is 2.52. The second-order valence-corrected chi connectivity index (χ2v) is 5.92. The second kappa shape index (κ2) is 7.70. The van der Waals surface area contributed by atoms with E-state index in [-0.39, 0.29) is 5.78 Å².